The van der Waals surface area contributed by atoms with Crippen molar-refractivity contribution >= 4 is 5.97 Å². The molecule has 0 bridgehead atoms. The van der Waals surface area contributed by atoms with Gasteiger partial charge in [-0.3, -0.25) is 0 Å². The van der Waals surface area contributed by atoms with Crippen LogP contribution in [-0.2, 0) is 17.7 Å². The Morgan fingerprint density at radius 2 is 1.81 bits per heavy atom. The van der Waals surface area contributed by atoms with E-state index in [1.165, 1.54) is 12.1 Å². The number of halogens is 2. The minimum absolute atomic E-state index is 0.213. The molecule has 0 amide bonds. The molecule has 0 heterocycles. The molecule has 2 N–H and O–H groups in total. The van der Waals surface area contributed by atoms with Gasteiger partial charge in [-0.2, -0.15) is 0 Å². The van der Waals surface area contributed by atoms with Crippen molar-refractivity contribution in [2.45, 2.75) is 39.8 Å². The summed E-state index contributed by atoms with van der Waals surface area (Å²) in [7, 11) is 0. The lowest BCUT2D eigenvalue weighted by atomic mass is 9.93. The van der Waals surface area contributed by atoms with Crippen LogP contribution in [0.15, 0.2) is 30.3 Å². The maximum absolute atomic E-state index is 13.2. The molecule has 6 heteroatoms. The summed E-state index contributed by atoms with van der Waals surface area (Å²) in [4.78, 5) is 12.0. The number of hydrogen-bond acceptors (Lipinski definition) is 4. The van der Waals surface area contributed by atoms with E-state index in [9.17, 15) is 18.7 Å². The summed E-state index contributed by atoms with van der Waals surface area (Å²) in [5, 5.41) is 13.6. The molecular weight excluding hydrogens is 352 g/mol. The molecule has 0 aromatic heterocycles. The first-order valence-electron chi connectivity index (χ1n) is 9.00. The molecule has 146 valence electrons. The molecule has 0 aliphatic heterocycles. The molecule has 0 fully saturated rings. The predicted octanol–water partition coefficient (Wildman–Crippen LogP) is 3.84. The second-order valence-electron chi connectivity index (χ2n) is 6.36. The third kappa shape index (κ3) is 5.58. The van der Waals surface area contributed by atoms with Gasteiger partial charge in [-0.15, -0.1) is 0 Å². The average Bonchev–Trinajstić information content (AvgIpc) is 2.60. The number of benzene rings is 2. The van der Waals surface area contributed by atoms with Crippen molar-refractivity contribution in [2.24, 2.45) is 0 Å². The van der Waals surface area contributed by atoms with Crippen LogP contribution < -0.4 is 5.32 Å². The number of ether oxygens (including phenoxy) is 1. The van der Waals surface area contributed by atoms with Crippen molar-refractivity contribution in [3.63, 3.8) is 0 Å². The highest BCUT2D eigenvalue weighted by Gasteiger charge is 2.18. The molecule has 1 unspecified atom stereocenters. The fraction of sp³-hybridized carbons (Fsp3) is 0.381. The summed E-state index contributed by atoms with van der Waals surface area (Å²) < 4.78 is 31.5. The normalized spacial score (nSPS) is 12.1. The molecule has 2 aromatic carbocycles. The monoisotopic (exact) mass is 377 g/mol. The third-order valence-corrected chi connectivity index (χ3v) is 4.29. The molecule has 0 saturated heterocycles. The molecule has 27 heavy (non-hydrogen) atoms. The van der Waals surface area contributed by atoms with E-state index in [4.69, 9.17) is 4.74 Å². The highest BCUT2D eigenvalue weighted by Crippen LogP contribution is 2.25. The lowest BCUT2D eigenvalue weighted by Gasteiger charge is -2.19. The minimum atomic E-state index is -0.811. The summed E-state index contributed by atoms with van der Waals surface area (Å²) in [6.07, 6.45) is -0.162. The van der Waals surface area contributed by atoms with Crippen LogP contribution in [0, 0.1) is 18.6 Å². The van der Waals surface area contributed by atoms with Crippen LogP contribution in [0.5, 0.6) is 0 Å². The van der Waals surface area contributed by atoms with Gasteiger partial charge in [-0.25, -0.2) is 13.6 Å². The SMILES string of the molecule is CCOC(=O)c1cc(C)c(C(O)CNCc2cc(F)cc(F)c2)c(CC)c1. The first-order chi connectivity index (χ1) is 12.8. The fourth-order valence-electron chi connectivity index (χ4n) is 3.14. The van der Waals surface area contributed by atoms with Crippen LogP contribution >= 0.6 is 0 Å². The Morgan fingerprint density at radius 1 is 1.15 bits per heavy atom. The molecule has 0 saturated carbocycles. The summed E-state index contributed by atoms with van der Waals surface area (Å²) in [6, 6.07) is 6.77. The van der Waals surface area contributed by atoms with Crippen molar-refractivity contribution in [2.75, 3.05) is 13.2 Å². The van der Waals surface area contributed by atoms with Crippen molar-refractivity contribution in [1.29, 1.82) is 0 Å². The second kappa shape index (κ2) is 9.58. The van der Waals surface area contributed by atoms with Gasteiger partial charge in [0.1, 0.15) is 11.6 Å². The van der Waals surface area contributed by atoms with E-state index in [1.54, 1.807) is 19.1 Å². The topological polar surface area (TPSA) is 58.6 Å². The standard InChI is InChI=1S/C21H25F2NO3/c1-4-15-9-16(21(26)27-5-2)6-13(3)20(15)19(25)12-24-11-14-7-17(22)10-18(23)8-14/h6-10,19,24-25H,4-5,11-12H2,1-3H3. The number of carbonyl (C=O) groups is 1. The molecule has 1 atom stereocenters. The van der Waals surface area contributed by atoms with E-state index >= 15 is 0 Å². The molecule has 0 radical (unpaired) electrons. The van der Waals surface area contributed by atoms with Gasteiger partial charge in [-0.05, 0) is 66.8 Å². The smallest absolute Gasteiger partial charge is 0.338 e. The number of hydrogen-bond donors (Lipinski definition) is 2. The molecule has 2 aromatic rings. The summed E-state index contributed by atoms with van der Waals surface area (Å²) in [5.41, 5.74) is 3.34. The summed E-state index contributed by atoms with van der Waals surface area (Å²) in [5.74, 6) is -1.65. The number of aliphatic hydroxyl groups is 1. The lowest BCUT2D eigenvalue weighted by molar-refractivity contribution is 0.0526. The Balaban J connectivity index is 2.10. The first-order valence-corrected chi connectivity index (χ1v) is 9.00. The number of aliphatic hydroxyl groups excluding tert-OH is 1. The van der Waals surface area contributed by atoms with E-state index < -0.39 is 17.7 Å². The molecule has 0 aliphatic carbocycles. The fourth-order valence-corrected chi connectivity index (χ4v) is 3.14. The van der Waals surface area contributed by atoms with Crippen LogP contribution in [0.25, 0.3) is 0 Å². The van der Waals surface area contributed by atoms with Gasteiger partial charge in [0.25, 0.3) is 0 Å². The largest absolute Gasteiger partial charge is 0.462 e. The summed E-state index contributed by atoms with van der Waals surface area (Å²) >= 11 is 0. The maximum atomic E-state index is 13.2. The van der Waals surface area contributed by atoms with Crippen LogP contribution in [0.4, 0.5) is 8.78 Å². The van der Waals surface area contributed by atoms with E-state index in [0.717, 1.165) is 22.8 Å². The Bertz CT molecular complexity index is 788. The van der Waals surface area contributed by atoms with Gasteiger partial charge in [0, 0.05) is 19.2 Å². The number of nitrogens with one attached hydrogen (secondary N) is 1. The second-order valence-corrected chi connectivity index (χ2v) is 6.36. The van der Waals surface area contributed by atoms with Crippen molar-refractivity contribution < 1.29 is 23.4 Å². The average molecular weight is 377 g/mol. The molecule has 0 aliphatic rings. The number of esters is 1. The van der Waals surface area contributed by atoms with Gasteiger partial charge < -0.3 is 15.2 Å². The lowest BCUT2D eigenvalue weighted by Crippen LogP contribution is -2.23. The molecule has 0 spiro atoms. The van der Waals surface area contributed by atoms with Crippen molar-refractivity contribution in [3.05, 3.63) is 69.8 Å². The Labute approximate surface area is 158 Å². The van der Waals surface area contributed by atoms with E-state index in [2.05, 4.69) is 5.32 Å². The highest BCUT2D eigenvalue weighted by atomic mass is 19.1. The van der Waals surface area contributed by atoms with Gasteiger partial charge in [-0.1, -0.05) is 6.92 Å². The zero-order valence-electron chi connectivity index (χ0n) is 15.8. The number of carbonyl (C=O) groups excluding carboxylic acids is 1. The Kier molecular flexibility index (Phi) is 7.45. The zero-order chi connectivity index (χ0) is 20.0. The van der Waals surface area contributed by atoms with Crippen LogP contribution in [0.3, 0.4) is 0 Å². The Morgan fingerprint density at radius 3 is 2.41 bits per heavy atom. The zero-order valence-corrected chi connectivity index (χ0v) is 15.8. The van der Waals surface area contributed by atoms with Gasteiger partial charge >= 0.3 is 5.97 Å². The molecule has 2 rings (SSSR count). The first kappa shape index (κ1) is 21.0. The highest BCUT2D eigenvalue weighted by molar-refractivity contribution is 5.90. The van der Waals surface area contributed by atoms with Crippen LogP contribution in [-0.4, -0.2) is 24.2 Å². The molecule has 4 nitrogen and oxygen atoms in total. The van der Waals surface area contributed by atoms with Gasteiger partial charge in [0.2, 0.25) is 0 Å². The van der Waals surface area contributed by atoms with Crippen molar-refractivity contribution in [3.8, 4) is 0 Å². The van der Waals surface area contributed by atoms with E-state index in [0.29, 0.717) is 24.2 Å². The van der Waals surface area contributed by atoms with E-state index in [1.807, 2.05) is 13.8 Å². The van der Waals surface area contributed by atoms with Gasteiger partial charge in [0.15, 0.2) is 0 Å². The predicted molar refractivity (Wildman–Crippen MR) is 99.5 cm³/mol. The quantitative estimate of drug-likeness (QED) is 0.687. The molecular formula is C21H25F2NO3. The van der Waals surface area contributed by atoms with Crippen molar-refractivity contribution in [1.82, 2.24) is 5.32 Å². The minimum Gasteiger partial charge on any atom is -0.462 e. The van der Waals surface area contributed by atoms with Gasteiger partial charge in [0.05, 0.1) is 18.3 Å². The summed E-state index contributed by atoms with van der Waals surface area (Å²) in [6.45, 7) is 6.28. The van der Waals surface area contributed by atoms with Crippen LogP contribution in [0.2, 0.25) is 0 Å². The third-order valence-electron chi connectivity index (χ3n) is 4.29. The van der Waals surface area contributed by atoms with Crippen LogP contribution in [0.1, 0.15) is 52.6 Å². The number of aryl methyl sites for hydroxylation is 2. The maximum Gasteiger partial charge on any atom is 0.338 e. The van der Waals surface area contributed by atoms with E-state index in [-0.39, 0.29) is 19.1 Å². The number of rotatable bonds is 8. The Hall–Kier alpha value is -2.31.